The number of ether oxygens (including phenoxy) is 1. The van der Waals surface area contributed by atoms with Gasteiger partial charge in [0.05, 0.1) is 12.6 Å². The van der Waals surface area contributed by atoms with E-state index < -0.39 is 12.0 Å². The number of carbonyl (C=O) groups excluding carboxylic acids is 2. The second-order valence-corrected chi connectivity index (χ2v) is 3.21. The summed E-state index contributed by atoms with van der Waals surface area (Å²) in [5.41, 5.74) is 0. The van der Waals surface area contributed by atoms with Gasteiger partial charge in [-0.1, -0.05) is 13.8 Å². The van der Waals surface area contributed by atoms with Crippen molar-refractivity contribution in [2.75, 3.05) is 13.2 Å². The summed E-state index contributed by atoms with van der Waals surface area (Å²) in [6.07, 6.45) is 1.87. The molecule has 0 aliphatic rings. The van der Waals surface area contributed by atoms with Crippen molar-refractivity contribution in [3.8, 4) is 0 Å². The molecule has 0 spiro atoms. The van der Waals surface area contributed by atoms with Crippen LogP contribution in [0.4, 0.5) is 0 Å². The molecule has 1 atom stereocenters. The molecule has 0 aromatic rings. The molecule has 1 unspecified atom stereocenters. The first kappa shape index (κ1) is 18.3. The Morgan fingerprint density at radius 3 is 2.53 bits per heavy atom. The van der Waals surface area contributed by atoms with Crippen LogP contribution in [0.15, 0.2) is 0 Å². The number of amides is 1. The Bertz CT molecular complexity index is 187. The molecule has 0 saturated carbocycles. The third-order valence-corrected chi connectivity index (χ3v) is 1.68. The SMILES string of the molecule is CC(C)C(N[C-]=O)C(=O)OCCCO.[Cs+]. The van der Waals surface area contributed by atoms with Crippen LogP contribution in [0.1, 0.15) is 20.3 Å². The molecule has 0 bridgehead atoms. The normalized spacial score (nSPS) is 11.5. The van der Waals surface area contributed by atoms with Gasteiger partial charge in [-0.3, -0.25) is 0 Å². The average molecular weight is 335 g/mol. The Labute approximate surface area is 149 Å². The van der Waals surface area contributed by atoms with Crippen LogP contribution < -0.4 is 74.2 Å². The summed E-state index contributed by atoms with van der Waals surface area (Å²) >= 11 is 0. The minimum atomic E-state index is -0.661. The zero-order valence-corrected chi connectivity index (χ0v) is 15.7. The van der Waals surface area contributed by atoms with Gasteiger partial charge in [0.2, 0.25) is 0 Å². The minimum Gasteiger partial charge on any atom is -0.520 e. The Balaban J connectivity index is 0. The first-order valence-electron chi connectivity index (χ1n) is 4.53. The first-order valence-corrected chi connectivity index (χ1v) is 4.53. The van der Waals surface area contributed by atoms with E-state index >= 15 is 0 Å². The summed E-state index contributed by atoms with van der Waals surface area (Å²) in [5, 5.41) is 10.7. The molecule has 1 amide bonds. The fourth-order valence-electron chi connectivity index (χ4n) is 0.888. The third kappa shape index (κ3) is 8.73. The summed E-state index contributed by atoms with van der Waals surface area (Å²) in [7, 11) is 0. The standard InChI is InChI=1S/C9H16NO4.Cs/c1-7(2)8(10-6-12)9(13)14-5-3-4-11;/h7-8,11H,3-5H2,1-2H3,(H,10,12);/q-1;+1. The van der Waals surface area contributed by atoms with Crippen molar-refractivity contribution in [2.24, 2.45) is 5.92 Å². The molecule has 0 radical (unpaired) electrons. The van der Waals surface area contributed by atoms with E-state index in [0.29, 0.717) is 6.42 Å². The molecule has 82 valence electrons. The quantitative estimate of drug-likeness (QED) is 0.220. The van der Waals surface area contributed by atoms with Gasteiger partial charge in [-0.2, -0.15) is 6.41 Å². The third-order valence-electron chi connectivity index (χ3n) is 1.68. The molecular weight excluding hydrogens is 319 g/mol. The summed E-state index contributed by atoms with van der Waals surface area (Å²) in [5.74, 6) is -0.533. The van der Waals surface area contributed by atoms with E-state index in [2.05, 4.69) is 5.32 Å². The predicted molar refractivity (Wildman–Crippen MR) is 50.1 cm³/mol. The number of hydrogen-bond donors (Lipinski definition) is 2. The molecule has 0 aromatic carbocycles. The fourth-order valence-corrected chi connectivity index (χ4v) is 0.888. The van der Waals surface area contributed by atoms with Crippen LogP contribution in [-0.2, 0) is 14.3 Å². The molecule has 5 nitrogen and oxygen atoms in total. The summed E-state index contributed by atoms with van der Waals surface area (Å²) in [4.78, 5) is 21.4. The van der Waals surface area contributed by atoms with E-state index in [0.717, 1.165) is 0 Å². The van der Waals surface area contributed by atoms with E-state index in [9.17, 15) is 9.59 Å². The summed E-state index contributed by atoms with van der Waals surface area (Å²) in [6.45, 7) is 3.73. The van der Waals surface area contributed by atoms with E-state index in [1.807, 2.05) is 0 Å². The zero-order valence-electron chi connectivity index (χ0n) is 9.45. The van der Waals surface area contributed by atoms with Crippen molar-refractivity contribution in [1.82, 2.24) is 5.32 Å². The summed E-state index contributed by atoms with van der Waals surface area (Å²) in [6, 6.07) is -0.661. The molecule has 6 heteroatoms. The molecule has 0 fully saturated rings. The Morgan fingerprint density at radius 2 is 2.13 bits per heavy atom. The molecule has 0 aromatic heterocycles. The Hall–Kier alpha value is 0.952. The smallest absolute Gasteiger partial charge is 0.520 e. The molecule has 0 aliphatic carbocycles. The number of aliphatic hydroxyl groups is 1. The van der Waals surface area contributed by atoms with E-state index in [4.69, 9.17) is 9.84 Å². The number of rotatable bonds is 7. The van der Waals surface area contributed by atoms with Gasteiger partial charge >= 0.3 is 74.9 Å². The van der Waals surface area contributed by atoms with Crippen molar-refractivity contribution < 1.29 is 88.3 Å². The molecule has 0 heterocycles. The molecule has 0 rings (SSSR count). The van der Waals surface area contributed by atoms with Crippen LogP contribution in [0.3, 0.4) is 0 Å². The molecule has 0 saturated heterocycles. The van der Waals surface area contributed by atoms with Gasteiger partial charge in [0.15, 0.2) is 0 Å². The van der Waals surface area contributed by atoms with E-state index in [1.165, 1.54) is 6.41 Å². The largest absolute Gasteiger partial charge is 1.00 e. The van der Waals surface area contributed by atoms with Crippen LogP contribution in [0.5, 0.6) is 0 Å². The number of hydrogen-bond acceptors (Lipinski definition) is 4. The van der Waals surface area contributed by atoms with Gasteiger partial charge in [-0.25, -0.2) is 4.79 Å². The average Bonchev–Trinajstić information content (AvgIpc) is 2.13. The predicted octanol–water partition coefficient (Wildman–Crippen LogP) is -3.40. The fraction of sp³-hybridized carbons (Fsp3) is 0.778. The van der Waals surface area contributed by atoms with Gasteiger partial charge in [0.25, 0.3) is 0 Å². The molecular formula is C9H16CsNO4. The topological polar surface area (TPSA) is 75.6 Å². The van der Waals surface area contributed by atoms with Crippen LogP contribution in [0, 0.1) is 5.92 Å². The van der Waals surface area contributed by atoms with Gasteiger partial charge in [-0.15, -0.1) is 0 Å². The number of aliphatic hydroxyl groups excluding tert-OH is 1. The minimum absolute atomic E-state index is 0. The second kappa shape index (κ2) is 11.4. The van der Waals surface area contributed by atoms with Crippen LogP contribution in [0.25, 0.3) is 0 Å². The van der Waals surface area contributed by atoms with E-state index in [1.54, 1.807) is 13.8 Å². The number of esters is 1. The van der Waals surface area contributed by atoms with Gasteiger partial charge in [0, 0.05) is 13.0 Å². The molecule has 2 N–H and O–H groups in total. The monoisotopic (exact) mass is 335 g/mol. The number of carbonyl (C=O) groups is 1. The van der Waals surface area contributed by atoms with Crippen LogP contribution in [0.2, 0.25) is 0 Å². The Morgan fingerprint density at radius 1 is 1.53 bits per heavy atom. The second-order valence-electron chi connectivity index (χ2n) is 3.21. The van der Waals surface area contributed by atoms with Crippen LogP contribution in [-0.4, -0.2) is 36.7 Å². The van der Waals surface area contributed by atoms with Crippen molar-refractivity contribution in [2.45, 2.75) is 26.3 Å². The number of nitrogens with one attached hydrogen (secondary N) is 1. The van der Waals surface area contributed by atoms with Gasteiger partial charge in [-0.05, 0) is 5.92 Å². The van der Waals surface area contributed by atoms with Crippen LogP contribution >= 0.6 is 0 Å². The van der Waals surface area contributed by atoms with Gasteiger partial charge < -0.3 is 20.0 Å². The van der Waals surface area contributed by atoms with Crippen molar-refractivity contribution in [3.63, 3.8) is 0 Å². The maximum absolute atomic E-state index is 11.3. The zero-order chi connectivity index (χ0) is 11.0. The van der Waals surface area contributed by atoms with E-state index in [-0.39, 0.29) is 88.0 Å². The summed E-state index contributed by atoms with van der Waals surface area (Å²) < 4.78 is 4.82. The maximum Gasteiger partial charge on any atom is 1.00 e. The molecule has 15 heavy (non-hydrogen) atoms. The molecule has 0 aliphatic heterocycles. The maximum atomic E-state index is 11.3. The first-order chi connectivity index (χ1) is 6.63. The van der Waals surface area contributed by atoms with Crippen molar-refractivity contribution in [3.05, 3.63) is 0 Å². The van der Waals surface area contributed by atoms with Gasteiger partial charge in [0.1, 0.15) is 0 Å². The van der Waals surface area contributed by atoms with Crippen molar-refractivity contribution in [1.29, 1.82) is 0 Å². The van der Waals surface area contributed by atoms with Crippen molar-refractivity contribution >= 4 is 12.4 Å². The Kier molecular flexibility index (Phi) is 14.0.